The smallest absolute Gasteiger partial charge is 0.309 e. The van der Waals surface area contributed by atoms with Gasteiger partial charge >= 0.3 is 5.97 Å². The molecule has 1 aromatic carbocycles. The fraction of sp³-hybridized carbons (Fsp3) is 0.364. The van der Waals surface area contributed by atoms with Gasteiger partial charge in [-0.2, -0.15) is 0 Å². The van der Waals surface area contributed by atoms with Crippen LogP contribution in [0.4, 0.5) is 4.39 Å². The fourth-order valence-corrected chi connectivity index (χ4v) is 2.11. The Morgan fingerprint density at radius 3 is 2.94 bits per heavy atom. The largest absolute Gasteiger partial charge is 0.481 e. The standard InChI is InChI=1S/C11H10BrFO3/c12-8-2-1-6(5-9(8)13)10-7(11(14)15)3-4-16-10/h1-2,5,7,10H,3-4H2,(H,14,15). The van der Waals surface area contributed by atoms with Crippen LogP contribution in [0.2, 0.25) is 0 Å². The lowest BCUT2D eigenvalue weighted by Gasteiger charge is -2.15. The summed E-state index contributed by atoms with van der Waals surface area (Å²) in [4.78, 5) is 11.0. The molecule has 1 aliphatic heterocycles. The zero-order valence-corrected chi connectivity index (χ0v) is 9.91. The van der Waals surface area contributed by atoms with Gasteiger partial charge in [-0.05, 0) is 40.0 Å². The molecule has 0 aromatic heterocycles. The van der Waals surface area contributed by atoms with E-state index in [1.807, 2.05) is 0 Å². The molecule has 1 N–H and O–H groups in total. The van der Waals surface area contributed by atoms with Gasteiger partial charge in [0.1, 0.15) is 5.82 Å². The molecule has 3 nitrogen and oxygen atoms in total. The van der Waals surface area contributed by atoms with Crippen molar-refractivity contribution in [1.82, 2.24) is 0 Å². The lowest BCUT2D eigenvalue weighted by Crippen LogP contribution is -2.17. The van der Waals surface area contributed by atoms with Crippen LogP contribution < -0.4 is 0 Å². The van der Waals surface area contributed by atoms with Crippen molar-refractivity contribution in [2.75, 3.05) is 6.61 Å². The van der Waals surface area contributed by atoms with Crippen LogP contribution >= 0.6 is 15.9 Å². The molecule has 0 aliphatic carbocycles. The van der Waals surface area contributed by atoms with Gasteiger partial charge in [-0.15, -0.1) is 0 Å². The summed E-state index contributed by atoms with van der Waals surface area (Å²) in [6.45, 7) is 0.402. The quantitative estimate of drug-likeness (QED) is 0.910. The van der Waals surface area contributed by atoms with E-state index in [1.54, 1.807) is 12.1 Å². The summed E-state index contributed by atoms with van der Waals surface area (Å²) >= 11 is 3.05. The highest BCUT2D eigenvalue weighted by molar-refractivity contribution is 9.10. The van der Waals surface area contributed by atoms with Gasteiger partial charge in [0.25, 0.3) is 0 Å². The van der Waals surface area contributed by atoms with E-state index in [1.165, 1.54) is 6.07 Å². The summed E-state index contributed by atoms with van der Waals surface area (Å²) < 4.78 is 19.0. The molecule has 1 aliphatic rings. The van der Waals surface area contributed by atoms with E-state index in [0.717, 1.165) is 0 Å². The molecule has 0 saturated carbocycles. The Morgan fingerprint density at radius 1 is 1.56 bits per heavy atom. The predicted molar refractivity (Wildman–Crippen MR) is 58.5 cm³/mol. The lowest BCUT2D eigenvalue weighted by molar-refractivity contribution is -0.143. The molecular formula is C11H10BrFO3. The number of carboxylic acid groups (broad SMARTS) is 1. The van der Waals surface area contributed by atoms with Crippen LogP contribution in [0.5, 0.6) is 0 Å². The Balaban J connectivity index is 2.29. The van der Waals surface area contributed by atoms with Crippen LogP contribution in [0, 0.1) is 11.7 Å². The Labute approximate surface area is 100 Å². The molecule has 16 heavy (non-hydrogen) atoms. The molecule has 0 bridgehead atoms. The zero-order valence-electron chi connectivity index (χ0n) is 8.32. The highest BCUT2D eigenvalue weighted by Crippen LogP contribution is 2.35. The second-order valence-corrected chi connectivity index (χ2v) is 4.55. The van der Waals surface area contributed by atoms with Crippen LogP contribution in [0.3, 0.4) is 0 Å². The number of benzene rings is 1. The molecule has 1 heterocycles. The van der Waals surface area contributed by atoms with Gasteiger partial charge in [0.15, 0.2) is 0 Å². The maximum absolute atomic E-state index is 13.3. The van der Waals surface area contributed by atoms with Crippen molar-refractivity contribution >= 4 is 21.9 Å². The van der Waals surface area contributed by atoms with Gasteiger partial charge in [-0.25, -0.2) is 4.39 Å². The van der Waals surface area contributed by atoms with E-state index in [0.29, 0.717) is 23.1 Å². The molecule has 1 saturated heterocycles. The number of halogens is 2. The van der Waals surface area contributed by atoms with Crippen LogP contribution in [-0.2, 0) is 9.53 Å². The highest BCUT2D eigenvalue weighted by atomic mass is 79.9. The van der Waals surface area contributed by atoms with E-state index >= 15 is 0 Å². The van der Waals surface area contributed by atoms with E-state index in [2.05, 4.69) is 15.9 Å². The molecule has 5 heteroatoms. The number of hydrogen-bond donors (Lipinski definition) is 1. The summed E-state index contributed by atoms with van der Waals surface area (Å²) in [6, 6.07) is 4.56. The number of carboxylic acids is 1. The first-order valence-electron chi connectivity index (χ1n) is 4.89. The maximum Gasteiger partial charge on any atom is 0.309 e. The molecule has 1 aromatic rings. The number of rotatable bonds is 2. The number of ether oxygens (including phenoxy) is 1. The number of carbonyl (C=O) groups is 1. The SMILES string of the molecule is O=C(O)C1CCOC1c1ccc(Br)c(F)c1. The van der Waals surface area contributed by atoms with Gasteiger partial charge in [0, 0.05) is 6.61 Å². The second-order valence-electron chi connectivity index (χ2n) is 3.70. The number of aliphatic carboxylic acids is 1. The van der Waals surface area contributed by atoms with Crippen LogP contribution in [0.25, 0.3) is 0 Å². The van der Waals surface area contributed by atoms with E-state index in [4.69, 9.17) is 9.84 Å². The first-order valence-corrected chi connectivity index (χ1v) is 5.68. The minimum absolute atomic E-state index is 0.362. The third kappa shape index (κ3) is 2.10. The third-order valence-electron chi connectivity index (χ3n) is 2.68. The fourth-order valence-electron chi connectivity index (χ4n) is 1.86. The van der Waals surface area contributed by atoms with Gasteiger partial charge in [-0.3, -0.25) is 4.79 Å². The summed E-state index contributed by atoms with van der Waals surface area (Å²) in [5.41, 5.74) is 0.575. The summed E-state index contributed by atoms with van der Waals surface area (Å²) in [5, 5.41) is 8.99. The molecule has 0 radical (unpaired) electrons. The van der Waals surface area contributed by atoms with Crippen molar-refractivity contribution in [3.63, 3.8) is 0 Å². The molecular weight excluding hydrogens is 279 g/mol. The van der Waals surface area contributed by atoms with E-state index in [9.17, 15) is 9.18 Å². The van der Waals surface area contributed by atoms with Crippen molar-refractivity contribution in [1.29, 1.82) is 0 Å². The predicted octanol–water partition coefficient (Wildman–Crippen LogP) is 2.75. The van der Waals surface area contributed by atoms with Crippen LogP contribution in [0.1, 0.15) is 18.1 Å². The summed E-state index contributed by atoms with van der Waals surface area (Å²) in [6.07, 6.45) is -0.0717. The lowest BCUT2D eigenvalue weighted by atomic mass is 9.95. The summed E-state index contributed by atoms with van der Waals surface area (Å²) in [5.74, 6) is -1.89. The van der Waals surface area contributed by atoms with Crippen molar-refractivity contribution in [3.8, 4) is 0 Å². The summed E-state index contributed by atoms with van der Waals surface area (Å²) in [7, 11) is 0. The van der Waals surface area contributed by atoms with Crippen LogP contribution in [0.15, 0.2) is 22.7 Å². The molecule has 86 valence electrons. The van der Waals surface area contributed by atoms with Gasteiger partial charge < -0.3 is 9.84 Å². The third-order valence-corrected chi connectivity index (χ3v) is 3.32. The van der Waals surface area contributed by atoms with Crippen molar-refractivity contribution < 1.29 is 19.0 Å². The van der Waals surface area contributed by atoms with Gasteiger partial charge in [0.2, 0.25) is 0 Å². The monoisotopic (exact) mass is 288 g/mol. The molecule has 2 rings (SSSR count). The van der Waals surface area contributed by atoms with E-state index in [-0.39, 0.29) is 0 Å². The first-order chi connectivity index (χ1) is 7.59. The van der Waals surface area contributed by atoms with Crippen LogP contribution in [-0.4, -0.2) is 17.7 Å². The highest BCUT2D eigenvalue weighted by Gasteiger charge is 2.35. The average molecular weight is 289 g/mol. The molecule has 2 atom stereocenters. The van der Waals surface area contributed by atoms with Crippen molar-refractivity contribution in [2.24, 2.45) is 5.92 Å². The Hall–Kier alpha value is -0.940. The molecule has 0 spiro atoms. The minimum atomic E-state index is -0.897. The minimum Gasteiger partial charge on any atom is -0.481 e. The van der Waals surface area contributed by atoms with Gasteiger partial charge in [-0.1, -0.05) is 6.07 Å². The number of hydrogen-bond acceptors (Lipinski definition) is 2. The van der Waals surface area contributed by atoms with Gasteiger partial charge in [0.05, 0.1) is 16.5 Å². The van der Waals surface area contributed by atoms with E-state index < -0.39 is 23.8 Å². The molecule has 0 amide bonds. The Morgan fingerprint density at radius 2 is 2.31 bits per heavy atom. The zero-order chi connectivity index (χ0) is 11.7. The van der Waals surface area contributed by atoms with Crippen molar-refractivity contribution in [3.05, 3.63) is 34.1 Å². The molecule has 1 fully saturated rings. The average Bonchev–Trinajstić information content (AvgIpc) is 2.71. The Kier molecular flexibility index (Phi) is 3.25. The maximum atomic E-state index is 13.3. The topological polar surface area (TPSA) is 46.5 Å². The second kappa shape index (κ2) is 4.51. The molecule has 2 unspecified atom stereocenters. The normalized spacial score (nSPS) is 24.6. The first kappa shape index (κ1) is 11.5. The van der Waals surface area contributed by atoms with Crippen molar-refractivity contribution in [2.45, 2.75) is 12.5 Å². The Bertz CT molecular complexity index is 422.